The molecule has 0 radical (unpaired) electrons. The first kappa shape index (κ1) is 16.6. The lowest BCUT2D eigenvalue weighted by atomic mass is 9.99. The standard InChI is InChI=1S/C17H16N2O3S/c1-3-6-12-11(7-5-8-14(12)20)10-13-15(21)18-17(23)19(9-4-2)16(13)22/h3-5,7-8,10,20H,1-2,6,9H2,(H,18,21,23). The quantitative estimate of drug-likeness (QED) is 0.375. The maximum absolute atomic E-state index is 12.5. The van der Waals surface area contributed by atoms with Crippen molar-refractivity contribution in [1.29, 1.82) is 0 Å². The summed E-state index contributed by atoms with van der Waals surface area (Å²) in [6.07, 6.45) is 5.03. The maximum atomic E-state index is 12.5. The van der Waals surface area contributed by atoms with Crippen LogP contribution in [0, 0.1) is 0 Å². The minimum atomic E-state index is -0.562. The van der Waals surface area contributed by atoms with Crippen LogP contribution in [0.5, 0.6) is 5.75 Å². The molecule has 0 unspecified atom stereocenters. The largest absolute Gasteiger partial charge is 0.508 e. The summed E-state index contributed by atoms with van der Waals surface area (Å²) < 4.78 is 0. The van der Waals surface area contributed by atoms with Crippen LogP contribution in [0.2, 0.25) is 0 Å². The second kappa shape index (κ2) is 7.02. The Morgan fingerprint density at radius 1 is 1.26 bits per heavy atom. The van der Waals surface area contributed by atoms with Crippen LogP contribution in [0.3, 0.4) is 0 Å². The molecule has 2 rings (SSSR count). The molecule has 0 saturated carbocycles. The summed E-state index contributed by atoms with van der Waals surface area (Å²) in [6.45, 7) is 7.42. The average molecular weight is 328 g/mol. The van der Waals surface area contributed by atoms with Crippen LogP contribution in [-0.4, -0.2) is 33.5 Å². The molecule has 1 aliphatic rings. The van der Waals surface area contributed by atoms with Gasteiger partial charge in [-0.2, -0.15) is 0 Å². The molecule has 5 nitrogen and oxygen atoms in total. The number of allylic oxidation sites excluding steroid dienone is 1. The highest BCUT2D eigenvalue weighted by atomic mass is 32.1. The lowest BCUT2D eigenvalue weighted by molar-refractivity contribution is -0.128. The summed E-state index contributed by atoms with van der Waals surface area (Å²) in [5.74, 6) is -0.971. The van der Waals surface area contributed by atoms with Gasteiger partial charge < -0.3 is 5.11 Å². The van der Waals surface area contributed by atoms with Crippen LogP contribution in [0.15, 0.2) is 49.1 Å². The molecule has 0 atom stereocenters. The molecule has 118 valence electrons. The molecule has 0 spiro atoms. The molecule has 0 aromatic heterocycles. The minimum Gasteiger partial charge on any atom is -0.508 e. The predicted molar refractivity (Wildman–Crippen MR) is 92.6 cm³/mol. The number of nitrogens with one attached hydrogen (secondary N) is 1. The topological polar surface area (TPSA) is 69.6 Å². The van der Waals surface area contributed by atoms with E-state index in [0.29, 0.717) is 17.5 Å². The molecule has 1 aromatic carbocycles. The predicted octanol–water partition coefficient (Wildman–Crippen LogP) is 1.93. The molecule has 6 heteroatoms. The number of phenols is 1. The van der Waals surface area contributed by atoms with E-state index in [-0.39, 0.29) is 23.0 Å². The van der Waals surface area contributed by atoms with Crippen molar-refractivity contribution in [3.05, 3.63) is 60.2 Å². The summed E-state index contributed by atoms with van der Waals surface area (Å²) >= 11 is 5.00. The molecule has 2 N–H and O–H groups in total. The number of carbonyl (C=O) groups is 2. The summed E-state index contributed by atoms with van der Waals surface area (Å²) in [6, 6.07) is 4.91. The van der Waals surface area contributed by atoms with Crippen LogP contribution >= 0.6 is 12.2 Å². The van der Waals surface area contributed by atoms with Gasteiger partial charge in [0.15, 0.2) is 5.11 Å². The first-order valence-corrected chi connectivity index (χ1v) is 7.32. The van der Waals surface area contributed by atoms with Gasteiger partial charge in [-0.1, -0.05) is 24.3 Å². The van der Waals surface area contributed by atoms with Crippen LogP contribution in [0.25, 0.3) is 6.08 Å². The number of amides is 2. The van der Waals surface area contributed by atoms with Gasteiger partial charge in [0.05, 0.1) is 0 Å². The van der Waals surface area contributed by atoms with Crippen molar-refractivity contribution in [2.45, 2.75) is 6.42 Å². The van der Waals surface area contributed by atoms with Crippen molar-refractivity contribution in [3.63, 3.8) is 0 Å². The lowest BCUT2D eigenvalue weighted by Crippen LogP contribution is -2.53. The zero-order valence-electron chi connectivity index (χ0n) is 12.4. The molecule has 1 aromatic rings. The second-order valence-corrected chi connectivity index (χ2v) is 5.25. The number of hydrogen-bond acceptors (Lipinski definition) is 4. The van der Waals surface area contributed by atoms with Gasteiger partial charge in [0, 0.05) is 12.1 Å². The Bertz CT molecular complexity index is 737. The van der Waals surface area contributed by atoms with Gasteiger partial charge in [-0.3, -0.25) is 19.8 Å². The average Bonchev–Trinajstić information content (AvgIpc) is 2.51. The van der Waals surface area contributed by atoms with Crippen molar-refractivity contribution in [2.75, 3.05) is 6.54 Å². The van der Waals surface area contributed by atoms with Crippen LogP contribution in [0.1, 0.15) is 11.1 Å². The van der Waals surface area contributed by atoms with E-state index in [1.165, 1.54) is 17.1 Å². The van der Waals surface area contributed by atoms with Crippen molar-refractivity contribution in [3.8, 4) is 5.75 Å². The molecule has 1 fully saturated rings. The smallest absolute Gasteiger partial charge is 0.265 e. The Balaban J connectivity index is 2.49. The van der Waals surface area contributed by atoms with Crippen molar-refractivity contribution in [2.24, 2.45) is 0 Å². The highest BCUT2D eigenvalue weighted by Crippen LogP contribution is 2.25. The SMILES string of the molecule is C=CCc1c(O)cccc1C=C1C(=O)NC(=S)N(CC=C)C1=O. The van der Waals surface area contributed by atoms with Gasteiger partial charge >= 0.3 is 0 Å². The van der Waals surface area contributed by atoms with Crippen molar-refractivity contribution in [1.82, 2.24) is 10.2 Å². The molecule has 2 amide bonds. The molecule has 1 aliphatic heterocycles. The summed E-state index contributed by atoms with van der Waals surface area (Å²) in [5.41, 5.74) is 1.13. The third kappa shape index (κ3) is 3.37. The number of aromatic hydroxyl groups is 1. The van der Waals surface area contributed by atoms with Crippen LogP contribution < -0.4 is 5.32 Å². The zero-order valence-corrected chi connectivity index (χ0v) is 13.2. The van der Waals surface area contributed by atoms with Gasteiger partial charge in [0.1, 0.15) is 11.3 Å². The Kier molecular flexibility index (Phi) is 5.08. The molecular weight excluding hydrogens is 312 g/mol. The first-order chi connectivity index (χ1) is 11.0. The number of phenolic OH excluding ortho intramolecular Hbond substituents is 1. The van der Waals surface area contributed by atoms with Gasteiger partial charge in [-0.15, -0.1) is 13.2 Å². The summed E-state index contributed by atoms with van der Waals surface area (Å²) in [5, 5.41) is 12.5. The lowest BCUT2D eigenvalue weighted by Gasteiger charge is -2.27. The third-order valence-electron chi connectivity index (χ3n) is 3.33. The van der Waals surface area contributed by atoms with Crippen molar-refractivity contribution < 1.29 is 14.7 Å². The van der Waals surface area contributed by atoms with E-state index in [4.69, 9.17) is 12.2 Å². The highest BCUT2D eigenvalue weighted by molar-refractivity contribution is 7.80. The second-order valence-electron chi connectivity index (χ2n) is 4.86. The number of nitrogens with zero attached hydrogens (tertiary/aromatic N) is 1. The molecule has 0 bridgehead atoms. The van der Waals surface area contributed by atoms with Crippen LogP contribution in [-0.2, 0) is 16.0 Å². The molecule has 0 aliphatic carbocycles. The first-order valence-electron chi connectivity index (χ1n) is 6.91. The third-order valence-corrected chi connectivity index (χ3v) is 3.66. The fourth-order valence-electron chi connectivity index (χ4n) is 2.24. The Hall–Kier alpha value is -2.73. The maximum Gasteiger partial charge on any atom is 0.265 e. The van der Waals surface area contributed by atoms with Crippen molar-refractivity contribution >= 4 is 35.2 Å². The minimum absolute atomic E-state index is 0.0450. The number of benzene rings is 1. The fourth-order valence-corrected chi connectivity index (χ4v) is 2.49. The Labute approximate surface area is 139 Å². The Morgan fingerprint density at radius 2 is 2.00 bits per heavy atom. The van der Waals surface area contributed by atoms with E-state index < -0.39 is 11.8 Å². The van der Waals surface area contributed by atoms with Gasteiger partial charge in [0.2, 0.25) is 0 Å². The summed E-state index contributed by atoms with van der Waals surface area (Å²) in [7, 11) is 0. The van der Waals surface area contributed by atoms with Crippen LogP contribution in [0.4, 0.5) is 0 Å². The molecular formula is C17H16N2O3S. The molecule has 23 heavy (non-hydrogen) atoms. The normalized spacial score (nSPS) is 16.4. The Morgan fingerprint density at radius 3 is 2.65 bits per heavy atom. The van der Waals surface area contributed by atoms with Gasteiger partial charge in [0.25, 0.3) is 11.8 Å². The van der Waals surface area contributed by atoms with E-state index in [0.717, 1.165) is 0 Å². The van der Waals surface area contributed by atoms with E-state index in [1.807, 2.05) is 0 Å². The summed E-state index contributed by atoms with van der Waals surface area (Å²) in [4.78, 5) is 25.8. The molecule has 1 heterocycles. The fraction of sp³-hybridized carbons (Fsp3) is 0.118. The van der Waals surface area contributed by atoms with E-state index in [2.05, 4.69) is 18.5 Å². The van der Waals surface area contributed by atoms with Gasteiger partial charge in [-0.25, -0.2) is 0 Å². The number of thiocarbonyl (C=S) groups is 1. The number of rotatable bonds is 5. The zero-order chi connectivity index (χ0) is 17.0. The van der Waals surface area contributed by atoms with E-state index in [1.54, 1.807) is 24.3 Å². The highest BCUT2D eigenvalue weighted by Gasteiger charge is 2.32. The van der Waals surface area contributed by atoms with E-state index in [9.17, 15) is 14.7 Å². The van der Waals surface area contributed by atoms with E-state index >= 15 is 0 Å². The number of carbonyl (C=O) groups excluding carboxylic acids is 2. The van der Waals surface area contributed by atoms with Gasteiger partial charge in [-0.05, 0) is 36.3 Å². The molecule has 1 saturated heterocycles. The monoisotopic (exact) mass is 328 g/mol. The number of hydrogen-bond donors (Lipinski definition) is 2.